The first-order valence-corrected chi connectivity index (χ1v) is 6.97. The first kappa shape index (κ1) is 13.5. The number of halogens is 2. The number of likely N-dealkylation sites (N-methyl/N-ethyl adjacent to an activating group) is 1. The van der Waals surface area contributed by atoms with E-state index in [9.17, 15) is 4.39 Å². The maximum atomic E-state index is 13.7. The molecule has 96 valence electrons. The van der Waals surface area contributed by atoms with E-state index in [-0.39, 0.29) is 11.9 Å². The van der Waals surface area contributed by atoms with Gasteiger partial charge in [-0.2, -0.15) is 0 Å². The molecule has 2 aromatic heterocycles. The van der Waals surface area contributed by atoms with Gasteiger partial charge in [0.05, 0.1) is 10.5 Å². The van der Waals surface area contributed by atoms with Crippen LogP contribution in [0.3, 0.4) is 0 Å². The Hall–Kier alpha value is -0.970. The zero-order valence-corrected chi connectivity index (χ0v) is 11.6. The van der Waals surface area contributed by atoms with Crippen LogP contribution in [0.2, 0.25) is 4.34 Å². The molecule has 2 aromatic rings. The van der Waals surface area contributed by atoms with Crippen LogP contribution >= 0.6 is 22.9 Å². The average molecular weight is 285 g/mol. The first-order valence-electron chi connectivity index (χ1n) is 5.77. The Morgan fingerprint density at radius 1 is 1.44 bits per heavy atom. The highest BCUT2D eigenvalue weighted by molar-refractivity contribution is 7.16. The summed E-state index contributed by atoms with van der Waals surface area (Å²) < 4.78 is 14.5. The molecule has 0 fully saturated rings. The summed E-state index contributed by atoms with van der Waals surface area (Å²) in [6.07, 6.45) is 3.59. The Kier molecular flexibility index (Phi) is 4.69. The molecule has 1 unspecified atom stereocenters. The monoisotopic (exact) mass is 284 g/mol. The van der Waals surface area contributed by atoms with Crippen molar-refractivity contribution in [2.75, 3.05) is 6.54 Å². The Morgan fingerprint density at radius 3 is 2.89 bits per heavy atom. The zero-order chi connectivity index (χ0) is 13.0. The van der Waals surface area contributed by atoms with Gasteiger partial charge in [-0.3, -0.25) is 4.98 Å². The molecule has 0 spiro atoms. The molecule has 1 atom stereocenters. The van der Waals surface area contributed by atoms with E-state index in [0.717, 1.165) is 22.2 Å². The van der Waals surface area contributed by atoms with Crippen molar-refractivity contribution in [3.05, 3.63) is 51.2 Å². The van der Waals surface area contributed by atoms with Crippen LogP contribution in [0.25, 0.3) is 0 Å². The van der Waals surface area contributed by atoms with Gasteiger partial charge >= 0.3 is 0 Å². The van der Waals surface area contributed by atoms with E-state index in [1.54, 1.807) is 12.3 Å². The van der Waals surface area contributed by atoms with E-state index in [1.807, 2.05) is 19.1 Å². The van der Waals surface area contributed by atoms with Crippen molar-refractivity contribution in [3.8, 4) is 0 Å². The van der Waals surface area contributed by atoms with Crippen molar-refractivity contribution < 1.29 is 4.39 Å². The Morgan fingerprint density at radius 2 is 2.28 bits per heavy atom. The van der Waals surface area contributed by atoms with Gasteiger partial charge in [0.15, 0.2) is 0 Å². The van der Waals surface area contributed by atoms with Crippen molar-refractivity contribution in [1.29, 1.82) is 0 Å². The van der Waals surface area contributed by atoms with Crippen molar-refractivity contribution >= 4 is 22.9 Å². The van der Waals surface area contributed by atoms with Crippen LogP contribution < -0.4 is 5.32 Å². The molecule has 0 bridgehead atoms. The molecular formula is C13H14ClFN2S. The molecule has 2 nitrogen and oxygen atoms in total. The van der Waals surface area contributed by atoms with E-state index >= 15 is 0 Å². The van der Waals surface area contributed by atoms with Gasteiger partial charge < -0.3 is 5.32 Å². The van der Waals surface area contributed by atoms with Crippen LogP contribution in [-0.2, 0) is 6.42 Å². The number of aromatic nitrogens is 1. The summed E-state index contributed by atoms with van der Waals surface area (Å²) in [5, 5.41) is 3.29. The molecular weight excluding hydrogens is 271 g/mol. The smallest absolute Gasteiger partial charge is 0.146 e. The lowest BCUT2D eigenvalue weighted by atomic mass is 10.0. The lowest BCUT2D eigenvalue weighted by Gasteiger charge is -2.17. The molecule has 2 rings (SSSR count). The molecule has 0 aliphatic rings. The second kappa shape index (κ2) is 6.27. The van der Waals surface area contributed by atoms with E-state index in [0.29, 0.717) is 5.56 Å². The van der Waals surface area contributed by atoms with Gasteiger partial charge in [0, 0.05) is 29.1 Å². The predicted molar refractivity (Wildman–Crippen MR) is 73.6 cm³/mol. The molecule has 1 N–H and O–H groups in total. The van der Waals surface area contributed by atoms with Gasteiger partial charge in [0.25, 0.3) is 0 Å². The van der Waals surface area contributed by atoms with Crippen LogP contribution in [0.5, 0.6) is 0 Å². The third kappa shape index (κ3) is 3.28. The first-order chi connectivity index (χ1) is 8.70. The summed E-state index contributed by atoms with van der Waals surface area (Å²) >= 11 is 7.44. The topological polar surface area (TPSA) is 24.9 Å². The van der Waals surface area contributed by atoms with Gasteiger partial charge in [-0.15, -0.1) is 11.3 Å². The van der Waals surface area contributed by atoms with E-state index < -0.39 is 0 Å². The molecule has 0 aliphatic carbocycles. The minimum Gasteiger partial charge on any atom is -0.310 e. The summed E-state index contributed by atoms with van der Waals surface area (Å²) in [6.45, 7) is 2.79. The normalized spacial score (nSPS) is 12.6. The summed E-state index contributed by atoms with van der Waals surface area (Å²) in [5.74, 6) is -0.272. The van der Waals surface area contributed by atoms with Crippen LogP contribution in [0.1, 0.15) is 23.4 Å². The molecule has 18 heavy (non-hydrogen) atoms. The summed E-state index contributed by atoms with van der Waals surface area (Å²) in [7, 11) is 0. The van der Waals surface area contributed by atoms with Crippen LogP contribution in [-0.4, -0.2) is 11.5 Å². The fraction of sp³-hybridized carbons (Fsp3) is 0.308. The molecule has 0 saturated carbocycles. The molecule has 0 radical (unpaired) electrons. The minimum atomic E-state index is -0.272. The number of thiophene rings is 1. The number of hydrogen-bond acceptors (Lipinski definition) is 3. The Balaban J connectivity index is 2.20. The second-order valence-corrected chi connectivity index (χ2v) is 5.72. The Labute approximate surface area is 115 Å². The third-order valence-electron chi connectivity index (χ3n) is 2.66. The van der Waals surface area contributed by atoms with Crippen molar-refractivity contribution in [3.63, 3.8) is 0 Å². The van der Waals surface area contributed by atoms with Gasteiger partial charge in [0.1, 0.15) is 5.82 Å². The Bertz CT molecular complexity index is 515. The molecule has 5 heteroatoms. The molecule has 2 heterocycles. The molecule has 0 aromatic carbocycles. The van der Waals surface area contributed by atoms with Gasteiger partial charge in [-0.05, 0) is 24.7 Å². The quantitative estimate of drug-likeness (QED) is 0.903. The van der Waals surface area contributed by atoms with Crippen molar-refractivity contribution in [2.45, 2.75) is 19.4 Å². The standard InChI is InChI=1S/C13H14ClFN2S/c1-2-17-12(7-9-3-4-13(14)18-9)10-5-6-16-8-11(10)15/h3-6,8,12,17H,2,7H2,1H3. The highest BCUT2D eigenvalue weighted by Crippen LogP contribution is 2.27. The average Bonchev–Trinajstić information content (AvgIpc) is 2.75. The lowest BCUT2D eigenvalue weighted by molar-refractivity contribution is 0.509. The number of hydrogen-bond donors (Lipinski definition) is 1. The summed E-state index contributed by atoms with van der Waals surface area (Å²) in [4.78, 5) is 4.92. The zero-order valence-electron chi connectivity index (χ0n) is 9.99. The fourth-order valence-electron chi connectivity index (χ4n) is 1.87. The van der Waals surface area contributed by atoms with Crippen LogP contribution in [0, 0.1) is 5.82 Å². The van der Waals surface area contributed by atoms with Crippen molar-refractivity contribution in [2.24, 2.45) is 0 Å². The summed E-state index contributed by atoms with van der Waals surface area (Å²) in [5.41, 5.74) is 0.649. The summed E-state index contributed by atoms with van der Waals surface area (Å²) in [6, 6.07) is 5.52. The number of nitrogens with zero attached hydrogens (tertiary/aromatic N) is 1. The number of rotatable bonds is 5. The molecule has 0 amide bonds. The van der Waals surface area contributed by atoms with Gasteiger partial charge in [-0.25, -0.2) is 4.39 Å². The maximum Gasteiger partial charge on any atom is 0.146 e. The highest BCUT2D eigenvalue weighted by atomic mass is 35.5. The largest absolute Gasteiger partial charge is 0.310 e. The van der Waals surface area contributed by atoms with E-state index in [2.05, 4.69) is 10.3 Å². The third-order valence-corrected chi connectivity index (χ3v) is 3.92. The van der Waals surface area contributed by atoms with Crippen LogP contribution in [0.15, 0.2) is 30.6 Å². The number of nitrogens with one attached hydrogen (secondary N) is 1. The lowest BCUT2D eigenvalue weighted by Crippen LogP contribution is -2.23. The van der Waals surface area contributed by atoms with Crippen molar-refractivity contribution in [1.82, 2.24) is 10.3 Å². The van der Waals surface area contributed by atoms with Gasteiger partial charge in [-0.1, -0.05) is 18.5 Å². The van der Waals surface area contributed by atoms with E-state index in [1.165, 1.54) is 17.5 Å². The maximum absolute atomic E-state index is 13.7. The number of pyridine rings is 1. The fourth-order valence-corrected chi connectivity index (χ4v) is 3.00. The SMILES string of the molecule is CCNC(Cc1ccc(Cl)s1)c1ccncc1F. The van der Waals surface area contributed by atoms with Gasteiger partial charge in [0.2, 0.25) is 0 Å². The minimum absolute atomic E-state index is 0.0484. The molecule has 0 saturated heterocycles. The predicted octanol–water partition coefficient (Wildman–Crippen LogP) is 3.83. The second-order valence-electron chi connectivity index (χ2n) is 3.92. The van der Waals surface area contributed by atoms with Crippen LogP contribution in [0.4, 0.5) is 4.39 Å². The molecule has 0 aliphatic heterocycles. The highest BCUT2D eigenvalue weighted by Gasteiger charge is 2.16. The van der Waals surface area contributed by atoms with E-state index in [4.69, 9.17) is 11.6 Å².